The predicted molar refractivity (Wildman–Crippen MR) is 133 cm³/mol. The van der Waals surface area contributed by atoms with Gasteiger partial charge in [-0.05, 0) is 86.3 Å². The summed E-state index contributed by atoms with van der Waals surface area (Å²) in [5.74, 6) is 2.96. The summed E-state index contributed by atoms with van der Waals surface area (Å²) >= 11 is 0. The number of aryl methyl sites for hydroxylation is 2. The van der Waals surface area contributed by atoms with E-state index >= 15 is 0 Å². The first-order valence-corrected chi connectivity index (χ1v) is 13.6. The fourth-order valence-electron chi connectivity index (χ4n) is 5.83. The highest BCUT2D eigenvalue weighted by molar-refractivity contribution is 5.25. The van der Waals surface area contributed by atoms with E-state index in [1.807, 2.05) is 6.07 Å². The Hall–Kier alpha value is -1.11. The molecule has 1 unspecified atom stereocenters. The number of hydrogen-bond donors (Lipinski definition) is 0. The van der Waals surface area contributed by atoms with Crippen molar-refractivity contribution < 1.29 is 4.39 Å². The van der Waals surface area contributed by atoms with Crippen LogP contribution in [0.1, 0.15) is 121 Å². The molecule has 2 aliphatic carbocycles. The Morgan fingerprint density at radius 2 is 1.58 bits per heavy atom. The maximum absolute atomic E-state index is 14.4. The molecule has 174 valence electrons. The molecule has 0 nitrogen and oxygen atoms in total. The second kappa shape index (κ2) is 13.4. The fraction of sp³-hybridized carbons (Fsp3) is 0.733. The molecule has 0 amide bonds. The summed E-state index contributed by atoms with van der Waals surface area (Å²) in [7, 11) is 0. The average molecular weight is 427 g/mol. The monoisotopic (exact) mass is 426 g/mol. The van der Waals surface area contributed by atoms with Gasteiger partial charge in [0.25, 0.3) is 0 Å². The molecule has 3 rings (SSSR count). The summed E-state index contributed by atoms with van der Waals surface area (Å²) in [6.07, 6.45) is 24.5. The van der Waals surface area contributed by atoms with Gasteiger partial charge in [-0.15, -0.1) is 0 Å². The lowest BCUT2D eigenvalue weighted by molar-refractivity contribution is 0.241. The molecule has 1 saturated carbocycles. The van der Waals surface area contributed by atoms with Gasteiger partial charge in [-0.25, -0.2) is 4.39 Å². The normalized spacial score (nSPS) is 24.2. The largest absolute Gasteiger partial charge is 0.207 e. The van der Waals surface area contributed by atoms with Crippen LogP contribution in [0.15, 0.2) is 29.8 Å². The van der Waals surface area contributed by atoms with E-state index in [2.05, 4.69) is 26.0 Å². The molecular weight excluding hydrogens is 379 g/mol. The lowest BCUT2D eigenvalue weighted by Crippen LogP contribution is -2.15. The van der Waals surface area contributed by atoms with E-state index < -0.39 is 0 Å². The molecule has 0 aliphatic heterocycles. The van der Waals surface area contributed by atoms with E-state index in [-0.39, 0.29) is 5.82 Å². The molecule has 0 spiro atoms. The van der Waals surface area contributed by atoms with Crippen LogP contribution in [0, 0.1) is 23.6 Å². The number of allylic oxidation sites excluding steroid dienone is 2. The van der Waals surface area contributed by atoms with Crippen LogP contribution in [0.2, 0.25) is 0 Å². The van der Waals surface area contributed by atoms with E-state index in [0.29, 0.717) is 0 Å². The van der Waals surface area contributed by atoms with Gasteiger partial charge < -0.3 is 0 Å². The van der Waals surface area contributed by atoms with Crippen molar-refractivity contribution in [3.8, 4) is 0 Å². The lowest BCUT2D eigenvalue weighted by atomic mass is 9.76. The van der Waals surface area contributed by atoms with Crippen LogP contribution in [0.3, 0.4) is 0 Å². The smallest absolute Gasteiger partial charge is 0.126 e. The Kier molecular flexibility index (Phi) is 10.6. The summed E-state index contributed by atoms with van der Waals surface area (Å²) in [5.41, 5.74) is 3.69. The minimum atomic E-state index is 0.0136. The summed E-state index contributed by atoms with van der Waals surface area (Å²) in [5, 5.41) is 0. The van der Waals surface area contributed by atoms with Crippen LogP contribution in [0.4, 0.5) is 4.39 Å². The third kappa shape index (κ3) is 8.39. The molecule has 0 saturated heterocycles. The molecule has 0 bridgehead atoms. The van der Waals surface area contributed by atoms with Crippen molar-refractivity contribution in [2.75, 3.05) is 0 Å². The first-order chi connectivity index (χ1) is 15.2. The van der Waals surface area contributed by atoms with E-state index in [0.717, 1.165) is 49.0 Å². The van der Waals surface area contributed by atoms with Gasteiger partial charge in [0.05, 0.1) is 0 Å². The summed E-state index contributed by atoms with van der Waals surface area (Å²) < 4.78 is 14.4. The summed E-state index contributed by atoms with van der Waals surface area (Å²) in [6, 6.07) is 6.00. The van der Waals surface area contributed by atoms with Crippen molar-refractivity contribution in [3.63, 3.8) is 0 Å². The summed E-state index contributed by atoms with van der Waals surface area (Å²) in [4.78, 5) is 0. The zero-order valence-electron chi connectivity index (χ0n) is 20.4. The Labute approximate surface area is 192 Å². The van der Waals surface area contributed by atoms with E-state index in [9.17, 15) is 4.39 Å². The molecule has 1 fully saturated rings. The van der Waals surface area contributed by atoms with Crippen molar-refractivity contribution in [2.45, 2.75) is 123 Å². The SMILES string of the molecule is CCCCCCc1ccc(CCC2=CCC(CCC3CCC(CC)CC3)CC2)cc1F. The Morgan fingerprint density at radius 3 is 2.26 bits per heavy atom. The van der Waals surface area contributed by atoms with Gasteiger partial charge in [-0.3, -0.25) is 0 Å². The van der Waals surface area contributed by atoms with Gasteiger partial charge >= 0.3 is 0 Å². The number of benzene rings is 1. The maximum atomic E-state index is 14.4. The molecule has 0 radical (unpaired) electrons. The molecule has 1 atom stereocenters. The highest BCUT2D eigenvalue weighted by Crippen LogP contribution is 2.36. The van der Waals surface area contributed by atoms with Crippen LogP contribution < -0.4 is 0 Å². The summed E-state index contributed by atoms with van der Waals surface area (Å²) in [6.45, 7) is 4.58. The van der Waals surface area contributed by atoms with Crippen LogP contribution >= 0.6 is 0 Å². The van der Waals surface area contributed by atoms with Gasteiger partial charge in [0.15, 0.2) is 0 Å². The van der Waals surface area contributed by atoms with Gasteiger partial charge in [0.1, 0.15) is 5.82 Å². The molecule has 0 aromatic heterocycles. The second-order valence-corrected chi connectivity index (χ2v) is 10.6. The molecule has 31 heavy (non-hydrogen) atoms. The maximum Gasteiger partial charge on any atom is 0.126 e. The predicted octanol–water partition coefficient (Wildman–Crippen LogP) is 9.60. The van der Waals surface area contributed by atoms with E-state index in [1.165, 1.54) is 89.0 Å². The molecule has 0 N–H and O–H groups in total. The Balaban J connectivity index is 1.34. The van der Waals surface area contributed by atoms with Crippen LogP contribution in [-0.4, -0.2) is 0 Å². The van der Waals surface area contributed by atoms with Gasteiger partial charge in [-0.2, -0.15) is 0 Å². The molecule has 1 aromatic carbocycles. The van der Waals surface area contributed by atoms with E-state index in [1.54, 1.807) is 11.6 Å². The fourth-order valence-corrected chi connectivity index (χ4v) is 5.83. The van der Waals surface area contributed by atoms with Crippen molar-refractivity contribution >= 4 is 0 Å². The molecule has 2 aliphatic rings. The van der Waals surface area contributed by atoms with Crippen LogP contribution in [0.25, 0.3) is 0 Å². The second-order valence-electron chi connectivity index (χ2n) is 10.6. The lowest BCUT2D eigenvalue weighted by Gasteiger charge is -2.29. The van der Waals surface area contributed by atoms with Crippen molar-refractivity contribution in [2.24, 2.45) is 17.8 Å². The minimum Gasteiger partial charge on any atom is -0.207 e. The average Bonchev–Trinajstić information content (AvgIpc) is 2.81. The minimum absolute atomic E-state index is 0.0136. The third-order valence-electron chi connectivity index (χ3n) is 8.29. The van der Waals surface area contributed by atoms with Crippen molar-refractivity contribution in [1.29, 1.82) is 0 Å². The standard InChI is InChI=1S/C30H47F/c1-3-5-6-7-8-29-22-21-28(23-30(29)31)20-19-27-17-15-26(16-18-27)14-13-25-11-9-24(4-2)10-12-25/h17,21-26H,3-16,18-20H2,1-2H3. The van der Waals surface area contributed by atoms with Gasteiger partial charge in [0.2, 0.25) is 0 Å². The topological polar surface area (TPSA) is 0 Å². The number of rotatable bonds is 12. The number of hydrogen-bond acceptors (Lipinski definition) is 0. The highest BCUT2D eigenvalue weighted by Gasteiger charge is 2.22. The molecule has 1 aromatic rings. The van der Waals surface area contributed by atoms with Crippen LogP contribution in [-0.2, 0) is 12.8 Å². The first-order valence-electron chi connectivity index (χ1n) is 13.6. The third-order valence-corrected chi connectivity index (χ3v) is 8.29. The Morgan fingerprint density at radius 1 is 0.806 bits per heavy atom. The van der Waals surface area contributed by atoms with Crippen molar-refractivity contribution in [1.82, 2.24) is 0 Å². The van der Waals surface area contributed by atoms with E-state index in [4.69, 9.17) is 0 Å². The molecule has 1 heteroatoms. The number of halogens is 1. The van der Waals surface area contributed by atoms with Crippen LogP contribution in [0.5, 0.6) is 0 Å². The van der Waals surface area contributed by atoms with Gasteiger partial charge in [-0.1, -0.05) is 95.4 Å². The quantitative estimate of drug-likeness (QED) is 0.230. The zero-order valence-corrected chi connectivity index (χ0v) is 20.4. The van der Waals surface area contributed by atoms with Gasteiger partial charge in [0, 0.05) is 0 Å². The highest BCUT2D eigenvalue weighted by atomic mass is 19.1. The van der Waals surface area contributed by atoms with Crippen molar-refractivity contribution in [3.05, 3.63) is 46.8 Å². The zero-order chi connectivity index (χ0) is 21.9. The Bertz CT molecular complexity index is 665. The number of unbranched alkanes of at least 4 members (excludes halogenated alkanes) is 3. The molecule has 0 heterocycles. The molecular formula is C30H47F. The first kappa shape index (κ1) is 24.5.